The number of guanidine groups is 1. The third-order valence-electron chi connectivity index (χ3n) is 4.98. The topological polar surface area (TPSA) is 76.8 Å². The standard InChI is InChI=1S/C18H32N6O2.HI/c1-3-19-18(20-14-17-22-21-16-6-4-9-24(16)17)23-10-7-15(8-11-23)26-13-5-12-25-2;/h15H,3-14H2,1-2H3,(H,19,20);1H. The minimum absolute atomic E-state index is 0. The molecule has 1 N–H and O–H groups in total. The van der Waals surface area contributed by atoms with Gasteiger partial charge in [-0.3, -0.25) is 0 Å². The van der Waals surface area contributed by atoms with Gasteiger partial charge in [0.2, 0.25) is 0 Å². The van der Waals surface area contributed by atoms with Gasteiger partial charge in [-0.25, -0.2) is 4.99 Å². The molecule has 0 saturated carbocycles. The Labute approximate surface area is 179 Å². The molecule has 0 amide bonds. The van der Waals surface area contributed by atoms with E-state index in [1.807, 2.05) is 0 Å². The average Bonchev–Trinajstić information content (AvgIpc) is 3.27. The Balaban J connectivity index is 0.00000261. The van der Waals surface area contributed by atoms with Crippen molar-refractivity contribution in [3.05, 3.63) is 11.6 Å². The molecule has 1 aromatic rings. The summed E-state index contributed by atoms with van der Waals surface area (Å²) in [4.78, 5) is 7.15. The smallest absolute Gasteiger partial charge is 0.194 e. The van der Waals surface area contributed by atoms with Crippen molar-refractivity contribution >= 4 is 29.9 Å². The maximum absolute atomic E-state index is 5.95. The predicted octanol–water partition coefficient (Wildman–Crippen LogP) is 1.83. The zero-order chi connectivity index (χ0) is 18.2. The van der Waals surface area contributed by atoms with Crippen LogP contribution in [0, 0.1) is 0 Å². The number of nitrogens with one attached hydrogen (secondary N) is 1. The van der Waals surface area contributed by atoms with Gasteiger partial charge in [0.1, 0.15) is 12.4 Å². The fraction of sp³-hybridized carbons (Fsp3) is 0.833. The number of ether oxygens (including phenoxy) is 2. The van der Waals surface area contributed by atoms with Crippen molar-refractivity contribution in [3.63, 3.8) is 0 Å². The summed E-state index contributed by atoms with van der Waals surface area (Å²) in [6.07, 6.45) is 5.60. The SMILES string of the molecule is CCNC(=NCc1nnc2n1CCC2)N1CCC(OCCCOC)CC1.I. The van der Waals surface area contributed by atoms with Gasteiger partial charge in [-0.2, -0.15) is 0 Å². The van der Waals surface area contributed by atoms with Crippen LogP contribution in [0.4, 0.5) is 0 Å². The minimum atomic E-state index is 0. The number of aromatic nitrogens is 3. The fourth-order valence-electron chi connectivity index (χ4n) is 3.59. The number of methoxy groups -OCH3 is 1. The molecular formula is C18H33IN6O2. The molecule has 0 unspecified atom stereocenters. The molecule has 1 aromatic heterocycles. The molecule has 8 nitrogen and oxygen atoms in total. The van der Waals surface area contributed by atoms with E-state index in [0.29, 0.717) is 12.6 Å². The van der Waals surface area contributed by atoms with Crippen molar-refractivity contribution in [1.29, 1.82) is 0 Å². The van der Waals surface area contributed by atoms with E-state index >= 15 is 0 Å². The average molecular weight is 492 g/mol. The Hall–Kier alpha value is -0.940. The molecule has 0 bridgehead atoms. The van der Waals surface area contributed by atoms with Gasteiger partial charge < -0.3 is 24.3 Å². The van der Waals surface area contributed by atoms with Crippen LogP contribution in [0.3, 0.4) is 0 Å². The number of aliphatic imine (C=N–C) groups is 1. The van der Waals surface area contributed by atoms with Gasteiger partial charge in [-0.15, -0.1) is 34.2 Å². The molecule has 0 atom stereocenters. The zero-order valence-corrected chi connectivity index (χ0v) is 18.9. The Morgan fingerprint density at radius 3 is 2.78 bits per heavy atom. The molecule has 154 valence electrons. The molecular weight excluding hydrogens is 459 g/mol. The van der Waals surface area contributed by atoms with Crippen LogP contribution in [-0.2, 0) is 29.0 Å². The van der Waals surface area contributed by atoms with E-state index in [4.69, 9.17) is 14.5 Å². The first-order chi connectivity index (χ1) is 12.8. The minimum Gasteiger partial charge on any atom is -0.385 e. The van der Waals surface area contributed by atoms with E-state index in [0.717, 1.165) is 82.7 Å². The van der Waals surface area contributed by atoms with Gasteiger partial charge in [0.05, 0.1) is 6.10 Å². The molecule has 27 heavy (non-hydrogen) atoms. The van der Waals surface area contributed by atoms with Crippen LogP contribution in [0.15, 0.2) is 4.99 Å². The van der Waals surface area contributed by atoms with E-state index < -0.39 is 0 Å². The van der Waals surface area contributed by atoms with Crippen LogP contribution in [0.1, 0.15) is 44.3 Å². The van der Waals surface area contributed by atoms with Gasteiger partial charge in [0.25, 0.3) is 0 Å². The second-order valence-electron chi connectivity index (χ2n) is 6.86. The summed E-state index contributed by atoms with van der Waals surface area (Å²) in [5, 5.41) is 12.0. The van der Waals surface area contributed by atoms with Crippen LogP contribution in [0.25, 0.3) is 0 Å². The number of nitrogens with zero attached hydrogens (tertiary/aromatic N) is 5. The van der Waals surface area contributed by atoms with Crippen molar-refractivity contribution in [2.45, 2.75) is 58.2 Å². The molecule has 0 aliphatic carbocycles. The molecule has 1 fully saturated rings. The summed E-state index contributed by atoms with van der Waals surface area (Å²) in [5.41, 5.74) is 0. The Morgan fingerprint density at radius 2 is 2.04 bits per heavy atom. The molecule has 9 heteroatoms. The third kappa shape index (κ3) is 6.28. The lowest BCUT2D eigenvalue weighted by Crippen LogP contribution is -2.47. The molecule has 0 aromatic carbocycles. The van der Waals surface area contributed by atoms with Crippen LogP contribution in [-0.4, -0.2) is 71.7 Å². The lowest BCUT2D eigenvalue weighted by Gasteiger charge is -2.34. The van der Waals surface area contributed by atoms with Gasteiger partial charge in [0.15, 0.2) is 11.8 Å². The number of rotatable bonds is 8. The van der Waals surface area contributed by atoms with Gasteiger partial charge in [-0.05, 0) is 32.6 Å². The summed E-state index contributed by atoms with van der Waals surface area (Å²) in [6, 6.07) is 0. The summed E-state index contributed by atoms with van der Waals surface area (Å²) in [6.45, 7) is 8.07. The second kappa shape index (κ2) is 11.8. The van der Waals surface area contributed by atoms with Crippen LogP contribution < -0.4 is 5.32 Å². The highest BCUT2D eigenvalue weighted by Gasteiger charge is 2.22. The molecule has 3 heterocycles. The van der Waals surface area contributed by atoms with Crippen molar-refractivity contribution in [1.82, 2.24) is 25.0 Å². The first-order valence-electron chi connectivity index (χ1n) is 9.86. The first kappa shape index (κ1) is 22.4. The highest BCUT2D eigenvalue weighted by Crippen LogP contribution is 2.16. The normalized spacial score (nSPS) is 17.7. The van der Waals surface area contributed by atoms with E-state index in [2.05, 4.69) is 31.9 Å². The zero-order valence-electron chi connectivity index (χ0n) is 16.5. The summed E-state index contributed by atoms with van der Waals surface area (Å²) in [7, 11) is 1.73. The Kier molecular flexibility index (Phi) is 9.77. The van der Waals surface area contributed by atoms with Gasteiger partial charge in [0, 0.05) is 52.9 Å². The number of aryl methyl sites for hydroxylation is 1. The van der Waals surface area contributed by atoms with E-state index in [-0.39, 0.29) is 24.0 Å². The number of halogens is 1. The van der Waals surface area contributed by atoms with Gasteiger partial charge in [-0.1, -0.05) is 0 Å². The van der Waals surface area contributed by atoms with Crippen LogP contribution in [0.5, 0.6) is 0 Å². The van der Waals surface area contributed by atoms with E-state index in [9.17, 15) is 0 Å². The largest absolute Gasteiger partial charge is 0.385 e. The molecule has 2 aliphatic rings. The number of piperidine rings is 1. The molecule has 2 aliphatic heterocycles. The number of likely N-dealkylation sites (tertiary alicyclic amines) is 1. The Bertz CT molecular complexity index is 586. The summed E-state index contributed by atoms with van der Waals surface area (Å²) in [5.74, 6) is 3.05. The summed E-state index contributed by atoms with van der Waals surface area (Å²) >= 11 is 0. The highest BCUT2D eigenvalue weighted by atomic mass is 127. The molecule has 1 saturated heterocycles. The lowest BCUT2D eigenvalue weighted by atomic mass is 10.1. The number of hydrogen-bond donors (Lipinski definition) is 1. The van der Waals surface area contributed by atoms with Crippen molar-refractivity contribution < 1.29 is 9.47 Å². The highest BCUT2D eigenvalue weighted by molar-refractivity contribution is 14.0. The quantitative estimate of drug-likeness (QED) is 0.258. The first-order valence-corrected chi connectivity index (χ1v) is 9.86. The van der Waals surface area contributed by atoms with E-state index in [1.54, 1.807) is 7.11 Å². The second-order valence-corrected chi connectivity index (χ2v) is 6.86. The Morgan fingerprint density at radius 1 is 1.22 bits per heavy atom. The summed E-state index contributed by atoms with van der Waals surface area (Å²) < 4.78 is 13.2. The maximum atomic E-state index is 5.95. The van der Waals surface area contributed by atoms with Crippen molar-refractivity contribution in [2.75, 3.05) is 40.0 Å². The lowest BCUT2D eigenvalue weighted by molar-refractivity contribution is 0.00990. The maximum Gasteiger partial charge on any atom is 0.194 e. The van der Waals surface area contributed by atoms with Crippen molar-refractivity contribution in [3.8, 4) is 0 Å². The molecule has 0 radical (unpaired) electrons. The number of fused-ring (bicyclic) bond motifs is 1. The monoisotopic (exact) mass is 492 g/mol. The van der Waals surface area contributed by atoms with Crippen LogP contribution >= 0.6 is 24.0 Å². The third-order valence-corrected chi connectivity index (χ3v) is 4.98. The fourth-order valence-corrected chi connectivity index (χ4v) is 3.59. The predicted molar refractivity (Wildman–Crippen MR) is 116 cm³/mol. The van der Waals surface area contributed by atoms with Crippen molar-refractivity contribution in [2.24, 2.45) is 4.99 Å². The molecule has 3 rings (SSSR count). The van der Waals surface area contributed by atoms with E-state index in [1.165, 1.54) is 6.42 Å². The van der Waals surface area contributed by atoms with Gasteiger partial charge >= 0.3 is 0 Å². The number of hydrogen-bond acceptors (Lipinski definition) is 5. The molecule has 0 spiro atoms. The van der Waals surface area contributed by atoms with Crippen LogP contribution in [0.2, 0.25) is 0 Å².